The number of rotatable bonds is 5. The van der Waals surface area contributed by atoms with Crippen LogP contribution in [-0.4, -0.2) is 18.8 Å². The smallest absolute Gasteiger partial charge is 0.205 e. The lowest BCUT2D eigenvalue weighted by Crippen LogP contribution is -2.37. The predicted molar refractivity (Wildman–Crippen MR) is 97.3 cm³/mol. The van der Waals surface area contributed by atoms with Gasteiger partial charge in [0.1, 0.15) is 0 Å². The molecule has 1 saturated heterocycles. The first-order valence-electron chi connectivity index (χ1n) is 7.99. The van der Waals surface area contributed by atoms with Gasteiger partial charge in [-0.3, -0.25) is 0 Å². The molecule has 0 saturated carbocycles. The van der Waals surface area contributed by atoms with E-state index in [-0.39, 0.29) is 0 Å². The first kappa shape index (κ1) is 15.2. The third-order valence-corrected chi connectivity index (χ3v) is 4.33. The van der Waals surface area contributed by atoms with E-state index in [0.717, 1.165) is 12.3 Å². The molecular formula is C19H23N2S+. The zero-order chi connectivity index (χ0) is 15.2. The maximum absolute atomic E-state index is 4.32. The second kappa shape index (κ2) is 7.50. The number of hydrogen-bond donors (Lipinski definition) is 1. The van der Waals surface area contributed by atoms with Gasteiger partial charge in [-0.05, 0) is 42.7 Å². The first-order valence-corrected chi connectivity index (χ1v) is 8.62. The Morgan fingerprint density at radius 1 is 1.00 bits per heavy atom. The molecule has 0 amide bonds. The van der Waals surface area contributed by atoms with E-state index in [9.17, 15) is 0 Å². The molecule has 2 nitrogen and oxygen atoms in total. The highest BCUT2D eigenvalue weighted by Gasteiger charge is 2.11. The van der Waals surface area contributed by atoms with Crippen molar-refractivity contribution in [2.75, 3.05) is 23.7 Å². The Labute approximate surface area is 138 Å². The molecule has 2 heterocycles. The molecule has 114 valence electrons. The van der Waals surface area contributed by atoms with Gasteiger partial charge in [0.15, 0.2) is 12.7 Å². The quantitative estimate of drug-likeness (QED) is 0.653. The molecule has 2 aromatic rings. The van der Waals surface area contributed by atoms with Crippen LogP contribution in [0.3, 0.4) is 0 Å². The molecule has 3 heteroatoms. The van der Waals surface area contributed by atoms with E-state index in [1.807, 2.05) is 0 Å². The van der Waals surface area contributed by atoms with E-state index < -0.39 is 0 Å². The van der Waals surface area contributed by atoms with Crippen LogP contribution in [0.15, 0.2) is 48.7 Å². The van der Waals surface area contributed by atoms with Crippen molar-refractivity contribution < 1.29 is 4.57 Å². The van der Waals surface area contributed by atoms with Crippen molar-refractivity contribution in [2.24, 2.45) is 0 Å². The van der Waals surface area contributed by atoms with Crippen LogP contribution >= 0.6 is 12.6 Å². The van der Waals surface area contributed by atoms with Crippen LogP contribution < -0.4 is 9.47 Å². The fourth-order valence-corrected chi connectivity index (χ4v) is 3.12. The lowest BCUT2D eigenvalue weighted by atomic mass is 10.1. The van der Waals surface area contributed by atoms with Crippen molar-refractivity contribution in [1.29, 1.82) is 0 Å². The summed E-state index contributed by atoms with van der Waals surface area (Å²) in [6.07, 6.45) is 9.10. The molecule has 0 unspecified atom stereocenters. The minimum absolute atomic E-state index is 0.847. The first-order chi connectivity index (χ1) is 10.9. The second-order valence-electron chi connectivity index (χ2n) is 5.66. The van der Waals surface area contributed by atoms with Crippen molar-refractivity contribution in [1.82, 2.24) is 0 Å². The van der Waals surface area contributed by atoms with Crippen molar-refractivity contribution in [3.05, 3.63) is 59.9 Å². The van der Waals surface area contributed by atoms with Crippen LogP contribution in [0.25, 0.3) is 12.2 Å². The molecule has 1 aromatic carbocycles. The number of pyridine rings is 1. The van der Waals surface area contributed by atoms with Crippen molar-refractivity contribution in [2.45, 2.75) is 19.4 Å². The van der Waals surface area contributed by atoms with E-state index in [4.69, 9.17) is 0 Å². The summed E-state index contributed by atoms with van der Waals surface area (Å²) >= 11 is 4.32. The van der Waals surface area contributed by atoms with Crippen molar-refractivity contribution in [3.8, 4) is 0 Å². The zero-order valence-electron chi connectivity index (χ0n) is 12.9. The van der Waals surface area contributed by atoms with Crippen LogP contribution in [0.1, 0.15) is 24.1 Å². The number of benzene rings is 1. The van der Waals surface area contributed by atoms with E-state index >= 15 is 0 Å². The van der Waals surface area contributed by atoms with Crippen LogP contribution in [0, 0.1) is 0 Å². The molecular weight excluding hydrogens is 288 g/mol. The summed E-state index contributed by atoms with van der Waals surface area (Å²) in [6, 6.07) is 15.1. The third kappa shape index (κ3) is 3.72. The summed E-state index contributed by atoms with van der Waals surface area (Å²) in [6.45, 7) is 3.32. The Morgan fingerprint density at radius 3 is 2.50 bits per heavy atom. The Morgan fingerprint density at radius 2 is 1.77 bits per heavy atom. The summed E-state index contributed by atoms with van der Waals surface area (Å²) in [4.78, 5) is 2.46. The lowest BCUT2D eigenvalue weighted by molar-refractivity contribution is -0.694. The minimum atomic E-state index is 0.847. The number of nitrogens with zero attached hydrogens (tertiary/aromatic N) is 2. The number of aryl methyl sites for hydroxylation is 1. The Bertz CT molecular complexity index is 628. The van der Waals surface area contributed by atoms with Crippen molar-refractivity contribution in [3.63, 3.8) is 0 Å². The van der Waals surface area contributed by atoms with E-state index in [0.29, 0.717) is 0 Å². The molecule has 0 N–H and O–H groups in total. The topological polar surface area (TPSA) is 7.12 Å². The molecule has 0 bridgehead atoms. The van der Waals surface area contributed by atoms with Gasteiger partial charge in [0.2, 0.25) is 5.69 Å². The lowest BCUT2D eigenvalue weighted by Gasteiger charge is -2.17. The van der Waals surface area contributed by atoms with Crippen molar-refractivity contribution >= 4 is 30.5 Å². The molecule has 22 heavy (non-hydrogen) atoms. The summed E-state index contributed by atoms with van der Waals surface area (Å²) in [5, 5.41) is 0. The Kier molecular flexibility index (Phi) is 5.17. The monoisotopic (exact) mass is 311 g/mol. The Balaban J connectivity index is 1.72. The second-order valence-corrected chi connectivity index (χ2v) is 6.11. The highest BCUT2D eigenvalue weighted by Crippen LogP contribution is 2.21. The maximum atomic E-state index is 4.32. The average Bonchev–Trinajstić information content (AvgIpc) is 3.09. The average molecular weight is 311 g/mol. The van der Waals surface area contributed by atoms with Gasteiger partial charge in [0, 0.05) is 42.7 Å². The number of thiol groups is 1. The summed E-state index contributed by atoms with van der Waals surface area (Å²) in [7, 11) is 0. The molecule has 0 spiro atoms. The van der Waals surface area contributed by atoms with Gasteiger partial charge in [0.25, 0.3) is 0 Å². The molecule has 0 radical (unpaired) electrons. The standard InChI is InChI=1S/C19H22N2S/c22-16-15-21-12-2-1-5-18(21)9-6-17-7-10-19(11-8-17)20-13-3-4-14-20/h1-2,5-12H,3-4,13-16H2/p+1. The van der Waals surface area contributed by atoms with Crippen LogP contribution in [0.5, 0.6) is 0 Å². The van der Waals surface area contributed by atoms with Gasteiger partial charge in [-0.15, -0.1) is 0 Å². The van der Waals surface area contributed by atoms with E-state index in [1.54, 1.807) is 0 Å². The highest BCUT2D eigenvalue weighted by molar-refractivity contribution is 7.80. The van der Waals surface area contributed by atoms with Gasteiger partial charge in [-0.25, -0.2) is 0 Å². The summed E-state index contributed by atoms with van der Waals surface area (Å²) in [5.41, 5.74) is 3.80. The van der Waals surface area contributed by atoms with E-state index in [1.165, 1.54) is 42.9 Å². The summed E-state index contributed by atoms with van der Waals surface area (Å²) in [5.74, 6) is 0.847. The molecule has 3 rings (SSSR count). The minimum Gasteiger partial charge on any atom is -0.372 e. The predicted octanol–water partition coefficient (Wildman–Crippen LogP) is 3.67. The number of aromatic nitrogens is 1. The maximum Gasteiger partial charge on any atom is 0.205 e. The Hall–Kier alpha value is -1.74. The fraction of sp³-hybridized carbons (Fsp3) is 0.316. The molecule has 0 aliphatic carbocycles. The van der Waals surface area contributed by atoms with Crippen LogP contribution in [-0.2, 0) is 6.54 Å². The van der Waals surface area contributed by atoms with Gasteiger partial charge >= 0.3 is 0 Å². The van der Waals surface area contributed by atoms with Gasteiger partial charge in [-0.2, -0.15) is 17.2 Å². The molecule has 0 atom stereocenters. The molecule has 1 fully saturated rings. The largest absolute Gasteiger partial charge is 0.372 e. The molecule has 1 aromatic heterocycles. The number of anilines is 1. The molecule has 1 aliphatic rings. The zero-order valence-corrected chi connectivity index (χ0v) is 13.8. The number of hydrogen-bond acceptors (Lipinski definition) is 2. The highest BCUT2D eigenvalue weighted by atomic mass is 32.1. The van der Waals surface area contributed by atoms with Gasteiger partial charge in [-0.1, -0.05) is 12.1 Å². The fourth-order valence-electron chi connectivity index (χ4n) is 2.91. The van der Waals surface area contributed by atoms with Crippen LogP contribution in [0.4, 0.5) is 5.69 Å². The van der Waals surface area contributed by atoms with E-state index in [2.05, 4.69) is 82.9 Å². The SMILES string of the molecule is SCC[n+]1ccccc1/C=C/c1ccc(N2CCCC2)cc1. The normalized spacial score (nSPS) is 14.9. The molecule has 1 aliphatic heterocycles. The van der Waals surface area contributed by atoms with Gasteiger partial charge < -0.3 is 4.90 Å². The summed E-state index contributed by atoms with van der Waals surface area (Å²) < 4.78 is 2.22. The van der Waals surface area contributed by atoms with Crippen LogP contribution in [0.2, 0.25) is 0 Å². The third-order valence-electron chi connectivity index (χ3n) is 4.13. The van der Waals surface area contributed by atoms with Gasteiger partial charge in [0.05, 0.1) is 0 Å².